The molecule has 0 heterocycles. The lowest BCUT2D eigenvalue weighted by molar-refractivity contribution is 0.247. The van der Waals surface area contributed by atoms with Gasteiger partial charge in [0.05, 0.1) is 4.99 Å². The summed E-state index contributed by atoms with van der Waals surface area (Å²) in [5.74, 6) is 2.19. The van der Waals surface area contributed by atoms with E-state index >= 15 is 0 Å². The van der Waals surface area contributed by atoms with Crippen LogP contribution in [0.4, 0.5) is 0 Å². The molecule has 1 aliphatic carbocycles. The van der Waals surface area contributed by atoms with E-state index in [0.717, 1.165) is 16.8 Å². The highest BCUT2D eigenvalue weighted by Gasteiger charge is 2.25. The van der Waals surface area contributed by atoms with Crippen LogP contribution in [0.15, 0.2) is 0 Å². The Morgan fingerprint density at radius 3 is 2.36 bits per heavy atom. The van der Waals surface area contributed by atoms with Crippen molar-refractivity contribution >= 4 is 17.2 Å². The quantitative estimate of drug-likeness (QED) is 0.613. The van der Waals surface area contributed by atoms with Gasteiger partial charge >= 0.3 is 0 Å². The van der Waals surface area contributed by atoms with Gasteiger partial charge in [-0.05, 0) is 31.1 Å². The number of nitrogens with two attached hydrogens (primary N) is 1. The minimum absolute atomic E-state index is 0.524. The van der Waals surface area contributed by atoms with Crippen LogP contribution < -0.4 is 5.73 Å². The van der Waals surface area contributed by atoms with Gasteiger partial charge in [0.15, 0.2) is 0 Å². The van der Waals surface area contributed by atoms with Crippen molar-refractivity contribution in [2.24, 2.45) is 23.5 Å². The highest BCUT2D eigenvalue weighted by atomic mass is 32.1. The van der Waals surface area contributed by atoms with Crippen LogP contribution in [0.5, 0.6) is 0 Å². The van der Waals surface area contributed by atoms with Crippen LogP contribution in [0, 0.1) is 17.8 Å². The van der Waals surface area contributed by atoms with Gasteiger partial charge in [-0.15, -0.1) is 0 Å². The summed E-state index contributed by atoms with van der Waals surface area (Å²) < 4.78 is 0. The average Bonchev–Trinajstić information content (AvgIpc) is 1.94. The molecule has 1 rings (SSSR count). The standard InChI is InChI=1S/C9H17NS/c1-6-3-4-8(9(10)11)5-7(6)2/h6-8H,3-5H2,1-2H3,(H2,10,11). The molecule has 1 aliphatic rings. The normalized spacial score (nSPS) is 38.5. The third-order valence-corrected chi connectivity index (χ3v) is 3.33. The minimum Gasteiger partial charge on any atom is -0.393 e. The van der Waals surface area contributed by atoms with Crippen molar-refractivity contribution in [3.05, 3.63) is 0 Å². The first-order valence-corrected chi connectivity index (χ1v) is 4.81. The molecule has 0 amide bonds. The monoisotopic (exact) mass is 171 g/mol. The van der Waals surface area contributed by atoms with Crippen LogP contribution in [0.3, 0.4) is 0 Å². The molecule has 0 bridgehead atoms. The van der Waals surface area contributed by atoms with Crippen molar-refractivity contribution in [1.82, 2.24) is 0 Å². The molecule has 3 atom stereocenters. The van der Waals surface area contributed by atoms with Crippen LogP contribution in [0.25, 0.3) is 0 Å². The highest BCUT2D eigenvalue weighted by Crippen LogP contribution is 2.33. The van der Waals surface area contributed by atoms with Crippen LogP contribution >= 0.6 is 12.2 Å². The van der Waals surface area contributed by atoms with Crippen molar-refractivity contribution in [2.75, 3.05) is 0 Å². The van der Waals surface area contributed by atoms with Crippen molar-refractivity contribution in [1.29, 1.82) is 0 Å². The largest absolute Gasteiger partial charge is 0.393 e. The second-order valence-corrected chi connectivity index (χ2v) is 4.34. The molecule has 0 saturated heterocycles. The number of hydrogen-bond acceptors (Lipinski definition) is 1. The van der Waals surface area contributed by atoms with Gasteiger partial charge in [0, 0.05) is 5.92 Å². The van der Waals surface area contributed by atoms with E-state index in [0.29, 0.717) is 5.92 Å². The Labute approximate surface area is 74.4 Å². The van der Waals surface area contributed by atoms with Crippen molar-refractivity contribution in [3.63, 3.8) is 0 Å². The number of hydrogen-bond donors (Lipinski definition) is 1. The van der Waals surface area contributed by atoms with E-state index in [1.54, 1.807) is 0 Å². The van der Waals surface area contributed by atoms with Gasteiger partial charge in [0.2, 0.25) is 0 Å². The summed E-state index contributed by atoms with van der Waals surface area (Å²) in [5.41, 5.74) is 5.61. The summed E-state index contributed by atoms with van der Waals surface area (Å²) in [6.07, 6.45) is 3.71. The lowest BCUT2D eigenvalue weighted by Gasteiger charge is -2.31. The van der Waals surface area contributed by atoms with E-state index in [4.69, 9.17) is 18.0 Å². The van der Waals surface area contributed by atoms with E-state index in [1.165, 1.54) is 19.3 Å². The minimum atomic E-state index is 0.524. The van der Waals surface area contributed by atoms with Gasteiger partial charge in [-0.1, -0.05) is 26.1 Å². The molecular formula is C9H17NS. The SMILES string of the molecule is CC1CCC(C(N)=S)CC1C. The summed E-state index contributed by atoms with van der Waals surface area (Å²) in [6.45, 7) is 4.62. The number of thiocarbonyl (C=S) groups is 1. The van der Waals surface area contributed by atoms with Gasteiger partial charge in [0.1, 0.15) is 0 Å². The summed E-state index contributed by atoms with van der Waals surface area (Å²) in [4.78, 5) is 0.726. The fourth-order valence-corrected chi connectivity index (χ4v) is 2.02. The second kappa shape index (κ2) is 3.53. The van der Waals surface area contributed by atoms with Crippen molar-refractivity contribution in [2.45, 2.75) is 33.1 Å². The summed E-state index contributed by atoms with van der Waals surface area (Å²) in [6, 6.07) is 0. The Kier molecular flexibility index (Phi) is 2.88. The molecule has 1 saturated carbocycles. The van der Waals surface area contributed by atoms with Crippen LogP contribution in [-0.4, -0.2) is 4.99 Å². The maximum Gasteiger partial charge on any atom is 0.0758 e. The summed E-state index contributed by atoms with van der Waals surface area (Å²) >= 11 is 4.98. The molecule has 2 N–H and O–H groups in total. The molecule has 64 valence electrons. The predicted octanol–water partition coefficient (Wildman–Crippen LogP) is 2.34. The molecule has 1 nitrogen and oxygen atoms in total. The third kappa shape index (κ3) is 2.16. The van der Waals surface area contributed by atoms with Crippen LogP contribution in [-0.2, 0) is 0 Å². The lowest BCUT2D eigenvalue weighted by Crippen LogP contribution is -2.29. The zero-order chi connectivity index (χ0) is 8.43. The smallest absolute Gasteiger partial charge is 0.0758 e. The fraction of sp³-hybridized carbons (Fsp3) is 0.889. The van der Waals surface area contributed by atoms with Gasteiger partial charge in [-0.2, -0.15) is 0 Å². The topological polar surface area (TPSA) is 26.0 Å². The summed E-state index contributed by atoms with van der Waals surface area (Å²) in [7, 11) is 0. The van der Waals surface area contributed by atoms with E-state index in [-0.39, 0.29) is 0 Å². The van der Waals surface area contributed by atoms with Gasteiger partial charge < -0.3 is 5.73 Å². The first-order valence-electron chi connectivity index (χ1n) is 4.40. The molecule has 1 fully saturated rings. The van der Waals surface area contributed by atoms with Gasteiger partial charge in [-0.25, -0.2) is 0 Å². The third-order valence-electron chi connectivity index (χ3n) is 3.00. The highest BCUT2D eigenvalue weighted by molar-refractivity contribution is 7.80. The number of rotatable bonds is 1. The molecule has 0 aromatic rings. The molecule has 0 radical (unpaired) electrons. The Balaban J connectivity index is 2.46. The average molecular weight is 171 g/mol. The lowest BCUT2D eigenvalue weighted by atomic mass is 9.76. The van der Waals surface area contributed by atoms with Crippen molar-refractivity contribution < 1.29 is 0 Å². The van der Waals surface area contributed by atoms with E-state index < -0.39 is 0 Å². The molecule has 11 heavy (non-hydrogen) atoms. The molecule has 3 unspecified atom stereocenters. The zero-order valence-electron chi connectivity index (χ0n) is 7.34. The predicted molar refractivity (Wildman–Crippen MR) is 52.5 cm³/mol. The maximum absolute atomic E-state index is 5.61. The first kappa shape index (κ1) is 8.98. The van der Waals surface area contributed by atoms with Gasteiger partial charge in [0.25, 0.3) is 0 Å². The van der Waals surface area contributed by atoms with E-state index in [9.17, 15) is 0 Å². The van der Waals surface area contributed by atoms with Gasteiger partial charge in [-0.3, -0.25) is 0 Å². The Morgan fingerprint density at radius 2 is 1.91 bits per heavy atom. The molecule has 0 aromatic carbocycles. The molecule has 0 aromatic heterocycles. The molecule has 0 spiro atoms. The zero-order valence-corrected chi connectivity index (χ0v) is 8.16. The van der Waals surface area contributed by atoms with E-state index in [2.05, 4.69) is 13.8 Å². The Morgan fingerprint density at radius 1 is 1.27 bits per heavy atom. The van der Waals surface area contributed by atoms with Crippen LogP contribution in [0.1, 0.15) is 33.1 Å². The molecular weight excluding hydrogens is 154 g/mol. The Bertz CT molecular complexity index is 156. The maximum atomic E-state index is 5.61. The summed E-state index contributed by atoms with van der Waals surface area (Å²) in [5, 5.41) is 0. The first-order chi connectivity index (χ1) is 5.11. The molecule has 2 heteroatoms. The second-order valence-electron chi connectivity index (χ2n) is 3.87. The molecule has 0 aliphatic heterocycles. The fourth-order valence-electron chi connectivity index (χ4n) is 1.81. The van der Waals surface area contributed by atoms with E-state index in [1.807, 2.05) is 0 Å². The van der Waals surface area contributed by atoms with Crippen molar-refractivity contribution in [3.8, 4) is 0 Å². The van der Waals surface area contributed by atoms with Crippen LogP contribution in [0.2, 0.25) is 0 Å². The Hall–Kier alpha value is -0.110.